The highest BCUT2D eigenvalue weighted by atomic mass is 35.5. The summed E-state index contributed by atoms with van der Waals surface area (Å²) < 4.78 is 5.12. The molecule has 0 heterocycles. The van der Waals surface area contributed by atoms with Gasteiger partial charge in [0.25, 0.3) is 5.91 Å². The van der Waals surface area contributed by atoms with E-state index in [-0.39, 0.29) is 11.9 Å². The predicted molar refractivity (Wildman–Crippen MR) is 70.2 cm³/mol. The second-order valence-electron chi connectivity index (χ2n) is 3.75. The maximum Gasteiger partial charge on any atom is 0.255 e. The molecule has 1 aromatic rings. The Bertz CT molecular complexity index is 421. The van der Waals surface area contributed by atoms with E-state index in [0.717, 1.165) is 6.42 Å². The first-order valence-electron chi connectivity index (χ1n) is 5.33. The summed E-state index contributed by atoms with van der Waals surface area (Å²) >= 11 is 11.8. The van der Waals surface area contributed by atoms with Crippen LogP contribution in [0.25, 0.3) is 0 Å². The molecule has 0 aliphatic carbocycles. The van der Waals surface area contributed by atoms with Crippen LogP contribution >= 0.6 is 23.2 Å². The third-order valence-corrected chi connectivity index (χ3v) is 2.95. The van der Waals surface area contributed by atoms with Gasteiger partial charge in [0, 0.05) is 11.1 Å². The lowest BCUT2D eigenvalue weighted by Gasteiger charge is -2.14. The van der Waals surface area contributed by atoms with E-state index >= 15 is 0 Å². The first kappa shape index (κ1) is 14.1. The molecule has 0 fully saturated rings. The van der Waals surface area contributed by atoms with E-state index < -0.39 is 0 Å². The van der Waals surface area contributed by atoms with E-state index in [1.54, 1.807) is 12.1 Å². The summed E-state index contributed by atoms with van der Waals surface area (Å²) in [5.41, 5.74) is 0.352. The van der Waals surface area contributed by atoms with Crippen LogP contribution in [0.3, 0.4) is 0 Å². The normalized spacial score (nSPS) is 12.1. The van der Waals surface area contributed by atoms with Crippen molar-refractivity contribution in [3.8, 4) is 5.75 Å². The fourth-order valence-corrected chi connectivity index (χ4v) is 1.91. The van der Waals surface area contributed by atoms with Gasteiger partial charge < -0.3 is 10.1 Å². The van der Waals surface area contributed by atoms with Crippen molar-refractivity contribution in [3.05, 3.63) is 27.7 Å². The Balaban J connectivity index is 3.07. The van der Waals surface area contributed by atoms with Crippen molar-refractivity contribution < 1.29 is 9.53 Å². The number of nitrogens with one attached hydrogen (secondary N) is 1. The smallest absolute Gasteiger partial charge is 0.255 e. The average molecular weight is 276 g/mol. The third kappa shape index (κ3) is 3.51. The molecule has 1 amide bonds. The van der Waals surface area contributed by atoms with Crippen molar-refractivity contribution in [1.82, 2.24) is 5.32 Å². The number of amides is 1. The zero-order chi connectivity index (χ0) is 13.0. The first-order chi connectivity index (χ1) is 7.99. The Hall–Kier alpha value is -0.930. The first-order valence-corrected chi connectivity index (χ1v) is 6.09. The van der Waals surface area contributed by atoms with Crippen LogP contribution in [0.5, 0.6) is 5.75 Å². The quantitative estimate of drug-likeness (QED) is 0.913. The van der Waals surface area contributed by atoms with Gasteiger partial charge in [-0.15, -0.1) is 0 Å². The van der Waals surface area contributed by atoms with E-state index in [0.29, 0.717) is 21.4 Å². The molecule has 1 rings (SSSR count). The highest BCUT2D eigenvalue weighted by Gasteiger charge is 2.17. The van der Waals surface area contributed by atoms with Gasteiger partial charge >= 0.3 is 0 Å². The number of halogens is 2. The van der Waals surface area contributed by atoms with Gasteiger partial charge in [-0.05, 0) is 25.5 Å². The Morgan fingerprint density at radius 2 is 2.12 bits per heavy atom. The van der Waals surface area contributed by atoms with E-state index in [4.69, 9.17) is 27.9 Å². The van der Waals surface area contributed by atoms with Gasteiger partial charge in [0.1, 0.15) is 5.75 Å². The number of rotatable bonds is 4. The SMILES string of the molecule is CCC(C)NC(=O)c1cc(Cl)cc(Cl)c1OC. The molecule has 1 aromatic carbocycles. The molecular weight excluding hydrogens is 261 g/mol. The van der Waals surface area contributed by atoms with Crippen LogP contribution < -0.4 is 10.1 Å². The number of ether oxygens (including phenoxy) is 1. The van der Waals surface area contributed by atoms with Crippen LogP contribution in [0, 0.1) is 0 Å². The van der Waals surface area contributed by atoms with Gasteiger partial charge in [-0.2, -0.15) is 0 Å². The number of methoxy groups -OCH3 is 1. The molecule has 5 heteroatoms. The van der Waals surface area contributed by atoms with Crippen LogP contribution in [-0.2, 0) is 0 Å². The molecule has 1 unspecified atom stereocenters. The summed E-state index contributed by atoms with van der Waals surface area (Å²) in [5.74, 6) is 0.109. The van der Waals surface area contributed by atoms with Crippen molar-refractivity contribution in [3.63, 3.8) is 0 Å². The second-order valence-corrected chi connectivity index (χ2v) is 4.59. The van der Waals surface area contributed by atoms with E-state index in [1.807, 2.05) is 13.8 Å². The van der Waals surface area contributed by atoms with Crippen molar-refractivity contribution in [1.29, 1.82) is 0 Å². The fraction of sp³-hybridized carbons (Fsp3) is 0.417. The molecule has 0 spiro atoms. The van der Waals surface area contributed by atoms with Gasteiger partial charge in [0.15, 0.2) is 0 Å². The molecule has 3 nitrogen and oxygen atoms in total. The number of hydrogen-bond donors (Lipinski definition) is 1. The van der Waals surface area contributed by atoms with Crippen molar-refractivity contribution in [2.45, 2.75) is 26.3 Å². The lowest BCUT2D eigenvalue weighted by atomic mass is 10.1. The summed E-state index contributed by atoms with van der Waals surface area (Å²) in [5, 5.41) is 3.57. The number of benzene rings is 1. The lowest BCUT2D eigenvalue weighted by molar-refractivity contribution is 0.0936. The van der Waals surface area contributed by atoms with Gasteiger partial charge in [0.05, 0.1) is 17.7 Å². The van der Waals surface area contributed by atoms with Gasteiger partial charge in [-0.1, -0.05) is 30.1 Å². The topological polar surface area (TPSA) is 38.3 Å². The lowest BCUT2D eigenvalue weighted by Crippen LogP contribution is -2.32. The number of hydrogen-bond acceptors (Lipinski definition) is 2. The number of carbonyl (C=O) groups excluding carboxylic acids is 1. The third-order valence-electron chi connectivity index (χ3n) is 2.45. The zero-order valence-electron chi connectivity index (χ0n) is 10.0. The van der Waals surface area contributed by atoms with Crippen molar-refractivity contribution in [2.24, 2.45) is 0 Å². The average Bonchev–Trinajstić information content (AvgIpc) is 2.27. The highest BCUT2D eigenvalue weighted by Crippen LogP contribution is 2.32. The molecule has 0 aliphatic heterocycles. The molecule has 0 saturated heterocycles. The minimum atomic E-state index is -0.236. The summed E-state index contributed by atoms with van der Waals surface area (Å²) in [6.45, 7) is 3.92. The van der Waals surface area contributed by atoms with Crippen LogP contribution in [0.15, 0.2) is 12.1 Å². The standard InChI is InChI=1S/C12H15Cl2NO2/c1-4-7(2)15-12(16)9-5-8(13)6-10(14)11(9)17-3/h5-7H,4H2,1-3H3,(H,15,16). The van der Waals surface area contributed by atoms with Crippen molar-refractivity contribution in [2.75, 3.05) is 7.11 Å². The maximum absolute atomic E-state index is 12.0. The molecule has 0 aliphatic rings. The molecule has 0 bridgehead atoms. The van der Waals surface area contributed by atoms with Crippen LogP contribution in [0.1, 0.15) is 30.6 Å². The van der Waals surface area contributed by atoms with Crippen LogP contribution in [0.4, 0.5) is 0 Å². The largest absolute Gasteiger partial charge is 0.494 e. The molecular formula is C12H15Cl2NO2. The van der Waals surface area contributed by atoms with Crippen LogP contribution in [0.2, 0.25) is 10.0 Å². The molecule has 1 N–H and O–H groups in total. The summed E-state index contributed by atoms with van der Waals surface area (Å²) in [6.07, 6.45) is 0.850. The Morgan fingerprint density at radius 3 is 2.65 bits per heavy atom. The molecule has 17 heavy (non-hydrogen) atoms. The van der Waals surface area contributed by atoms with E-state index in [1.165, 1.54) is 7.11 Å². The van der Waals surface area contributed by atoms with Gasteiger partial charge in [-0.25, -0.2) is 0 Å². The minimum Gasteiger partial charge on any atom is -0.494 e. The molecule has 94 valence electrons. The van der Waals surface area contributed by atoms with Gasteiger partial charge in [-0.3, -0.25) is 4.79 Å². The summed E-state index contributed by atoms with van der Waals surface area (Å²) in [6, 6.07) is 3.18. The molecule has 0 radical (unpaired) electrons. The maximum atomic E-state index is 12.0. The monoisotopic (exact) mass is 275 g/mol. The Kier molecular flexibility index (Phi) is 5.09. The summed E-state index contributed by atoms with van der Waals surface area (Å²) in [4.78, 5) is 12.0. The summed E-state index contributed by atoms with van der Waals surface area (Å²) in [7, 11) is 1.47. The van der Waals surface area contributed by atoms with E-state index in [2.05, 4.69) is 5.32 Å². The highest BCUT2D eigenvalue weighted by molar-refractivity contribution is 6.36. The minimum absolute atomic E-state index is 0.0879. The predicted octanol–water partition coefficient (Wildman–Crippen LogP) is 3.53. The zero-order valence-corrected chi connectivity index (χ0v) is 11.5. The van der Waals surface area contributed by atoms with Crippen molar-refractivity contribution >= 4 is 29.1 Å². The number of carbonyl (C=O) groups is 1. The Labute approximate surface area is 111 Å². The molecule has 0 saturated carbocycles. The fourth-order valence-electron chi connectivity index (χ4n) is 1.34. The van der Waals surface area contributed by atoms with E-state index in [9.17, 15) is 4.79 Å². The second kappa shape index (κ2) is 6.12. The van der Waals surface area contributed by atoms with Gasteiger partial charge in [0.2, 0.25) is 0 Å². The Morgan fingerprint density at radius 1 is 1.47 bits per heavy atom. The molecule has 0 aromatic heterocycles. The van der Waals surface area contributed by atoms with Crippen LogP contribution in [-0.4, -0.2) is 19.1 Å². The molecule has 1 atom stereocenters.